The summed E-state index contributed by atoms with van der Waals surface area (Å²) in [5, 5.41) is 20.3. The molecule has 0 bridgehead atoms. The third-order valence-electron chi connectivity index (χ3n) is 8.90. The highest BCUT2D eigenvalue weighted by atomic mass is 32.1. The van der Waals surface area contributed by atoms with Gasteiger partial charge in [0.05, 0.1) is 29.5 Å². The van der Waals surface area contributed by atoms with Gasteiger partial charge in [-0.3, -0.25) is 24.2 Å². The van der Waals surface area contributed by atoms with E-state index in [-0.39, 0.29) is 37.9 Å². The highest BCUT2D eigenvalue weighted by molar-refractivity contribution is 7.13. The zero-order valence-corrected chi connectivity index (χ0v) is 30.2. The van der Waals surface area contributed by atoms with E-state index < -0.39 is 42.4 Å². The zero-order chi connectivity index (χ0) is 36.2. The lowest BCUT2D eigenvalue weighted by molar-refractivity contribution is -0.142. The Morgan fingerprint density at radius 3 is 1.92 bits per heavy atom. The highest BCUT2D eigenvalue weighted by Gasteiger charge is 2.61. The monoisotopic (exact) mass is 744 g/mol. The fraction of sp³-hybridized carbons (Fsp3) is 0.371. The quantitative estimate of drug-likeness (QED) is 0.140. The summed E-state index contributed by atoms with van der Waals surface area (Å²) in [6, 6.07) is 13.7. The van der Waals surface area contributed by atoms with Crippen LogP contribution in [0, 0.1) is 0 Å². The van der Waals surface area contributed by atoms with Crippen LogP contribution in [0.3, 0.4) is 0 Å². The lowest BCUT2D eigenvalue weighted by Crippen LogP contribution is -2.53. The minimum atomic E-state index is -1.56. The van der Waals surface area contributed by atoms with Crippen molar-refractivity contribution in [2.45, 2.75) is 51.7 Å². The molecule has 1 aromatic carbocycles. The topological polar surface area (TPSA) is 168 Å². The lowest BCUT2D eigenvalue weighted by Gasteiger charge is -2.39. The van der Waals surface area contributed by atoms with E-state index in [1.54, 1.807) is 24.3 Å². The minimum absolute atomic E-state index is 0.00113. The molecule has 6 heterocycles. The van der Waals surface area contributed by atoms with E-state index in [2.05, 4.69) is 20.4 Å². The van der Waals surface area contributed by atoms with Gasteiger partial charge < -0.3 is 23.4 Å². The van der Waals surface area contributed by atoms with Gasteiger partial charge >= 0.3 is 6.03 Å². The van der Waals surface area contributed by atoms with Crippen molar-refractivity contribution < 1.29 is 32.7 Å². The lowest BCUT2D eigenvalue weighted by atomic mass is 9.83. The van der Waals surface area contributed by atoms with Crippen LogP contribution in [0.1, 0.15) is 50.5 Å². The van der Waals surface area contributed by atoms with Crippen molar-refractivity contribution >= 4 is 46.4 Å². The van der Waals surface area contributed by atoms with Crippen molar-refractivity contribution in [1.82, 2.24) is 40.0 Å². The first kappa shape index (κ1) is 35.0. The van der Waals surface area contributed by atoms with Crippen molar-refractivity contribution in [3.05, 3.63) is 76.6 Å². The van der Waals surface area contributed by atoms with Gasteiger partial charge in [0, 0.05) is 25.1 Å². The average molecular weight is 745 g/mol. The number of fused-ring (bicyclic) bond motifs is 2. The molecule has 4 aromatic heterocycles. The average Bonchev–Trinajstić information content (AvgIpc) is 4.00. The van der Waals surface area contributed by atoms with Gasteiger partial charge in [-0.05, 0) is 41.8 Å². The molecule has 5 aromatic rings. The van der Waals surface area contributed by atoms with Crippen LogP contribution >= 0.6 is 22.7 Å². The maximum atomic E-state index is 14.6. The summed E-state index contributed by atoms with van der Waals surface area (Å²) >= 11 is 2.91. The van der Waals surface area contributed by atoms with Crippen molar-refractivity contribution in [2.24, 2.45) is 0 Å². The molecule has 1 fully saturated rings. The second kappa shape index (κ2) is 15.1. The van der Waals surface area contributed by atoms with Gasteiger partial charge in [-0.15, -0.1) is 43.1 Å². The van der Waals surface area contributed by atoms with E-state index in [9.17, 15) is 19.2 Å². The molecule has 2 aliphatic heterocycles. The van der Waals surface area contributed by atoms with Gasteiger partial charge in [0.2, 0.25) is 23.6 Å². The number of hydrogen-bond acceptors (Lipinski definition) is 13. The summed E-state index contributed by atoms with van der Waals surface area (Å²) in [4.78, 5) is 63.9. The van der Waals surface area contributed by atoms with E-state index in [0.29, 0.717) is 49.0 Å². The largest absolute Gasteiger partial charge is 0.493 e. The molecule has 1 saturated heterocycles. The summed E-state index contributed by atoms with van der Waals surface area (Å²) in [5.74, 6) is 0.115. The van der Waals surface area contributed by atoms with Crippen LogP contribution in [0.4, 0.5) is 4.79 Å². The number of benzene rings is 1. The van der Waals surface area contributed by atoms with Crippen LogP contribution in [-0.2, 0) is 33.0 Å². The van der Waals surface area contributed by atoms with Crippen molar-refractivity contribution in [2.75, 3.05) is 32.8 Å². The molecule has 52 heavy (non-hydrogen) atoms. The Labute approximate surface area is 306 Å². The molecule has 15 nitrogen and oxygen atoms in total. The molecule has 1 spiro atoms. The van der Waals surface area contributed by atoms with Crippen LogP contribution in [0.5, 0.6) is 5.75 Å². The van der Waals surface area contributed by atoms with Gasteiger partial charge in [0.25, 0.3) is 17.7 Å². The van der Waals surface area contributed by atoms with Crippen molar-refractivity contribution in [1.29, 1.82) is 0 Å². The molecule has 1 atom stereocenters. The molecular weight excluding hydrogens is 709 g/mol. The number of rotatable bonds is 14. The van der Waals surface area contributed by atoms with Gasteiger partial charge in [0.15, 0.2) is 5.54 Å². The first-order valence-corrected chi connectivity index (χ1v) is 18.7. The Morgan fingerprint density at radius 1 is 0.788 bits per heavy atom. The number of imide groups is 1. The standard InChI is InChI=1S/C35H36N8O7S2/c1-3-14-40(19-27-36-38-31(49-27)25-11-7-17-51-25)29(44)21-42-33(46)35(13-16-48-24-10-6-5-9-23(24)35)43(34(42)47)22-30(45)41(15-4-2)20-28-37-39-32(50-28)26-12-8-18-52-26/h5-12,17-18H,3-4,13-16,19-22H2,1-2H3/t35-/m0/s1. The maximum absolute atomic E-state index is 14.6. The SMILES string of the molecule is CCCN(Cc1nnc(-c2cccs2)o1)C(=O)CN1C(=O)N(CC(=O)N(CCC)Cc2nnc(-c3cccs3)o2)[C@]2(CCOc3ccccc32)C1=O. The number of carbonyl (C=O) groups excluding carboxylic acids is 4. The minimum Gasteiger partial charge on any atom is -0.493 e. The molecule has 270 valence electrons. The third-order valence-corrected chi connectivity index (χ3v) is 10.6. The number of ether oxygens (including phenoxy) is 1. The predicted octanol–water partition coefficient (Wildman–Crippen LogP) is 5.03. The molecular formula is C35H36N8O7S2. The molecule has 0 aliphatic carbocycles. The molecule has 0 unspecified atom stereocenters. The fourth-order valence-corrected chi connectivity index (χ4v) is 7.80. The summed E-state index contributed by atoms with van der Waals surface area (Å²) in [6.45, 7) is 3.69. The molecule has 7 rings (SSSR count). The van der Waals surface area contributed by atoms with Crippen LogP contribution in [0.25, 0.3) is 21.5 Å². The van der Waals surface area contributed by atoms with Crippen LogP contribution in [0.2, 0.25) is 0 Å². The number of nitrogens with zero attached hydrogens (tertiary/aromatic N) is 8. The first-order valence-electron chi connectivity index (χ1n) is 17.0. The Bertz CT molecular complexity index is 2050. The predicted molar refractivity (Wildman–Crippen MR) is 189 cm³/mol. The molecule has 17 heteroatoms. The van der Waals surface area contributed by atoms with Gasteiger partial charge in [0.1, 0.15) is 18.8 Å². The van der Waals surface area contributed by atoms with E-state index in [1.165, 1.54) is 37.4 Å². The Balaban J connectivity index is 1.14. The normalized spacial score (nSPS) is 16.7. The summed E-state index contributed by atoms with van der Waals surface area (Å²) < 4.78 is 17.6. The Kier molecular flexibility index (Phi) is 10.1. The number of para-hydroxylation sites is 1. The van der Waals surface area contributed by atoms with Gasteiger partial charge in [-0.2, -0.15) is 0 Å². The van der Waals surface area contributed by atoms with Crippen molar-refractivity contribution in [3.8, 4) is 27.3 Å². The number of carbonyl (C=O) groups is 4. The first-order chi connectivity index (χ1) is 25.3. The third kappa shape index (κ3) is 6.68. The Morgan fingerprint density at radius 2 is 1.37 bits per heavy atom. The number of thiophene rings is 2. The molecule has 2 aliphatic rings. The van der Waals surface area contributed by atoms with Crippen LogP contribution in [-0.4, -0.2) is 96.5 Å². The molecule has 0 N–H and O–H groups in total. The second-order valence-electron chi connectivity index (χ2n) is 12.3. The van der Waals surface area contributed by atoms with Crippen LogP contribution in [0.15, 0.2) is 68.1 Å². The van der Waals surface area contributed by atoms with E-state index >= 15 is 0 Å². The molecule has 0 radical (unpaired) electrons. The van der Waals surface area contributed by atoms with Gasteiger partial charge in [-0.25, -0.2) is 4.79 Å². The fourth-order valence-electron chi connectivity index (χ4n) is 6.51. The smallest absolute Gasteiger partial charge is 0.328 e. The summed E-state index contributed by atoms with van der Waals surface area (Å²) in [6.07, 6.45) is 1.33. The summed E-state index contributed by atoms with van der Waals surface area (Å²) in [5.41, 5.74) is -1.10. The van der Waals surface area contributed by atoms with Crippen LogP contribution < -0.4 is 4.74 Å². The maximum Gasteiger partial charge on any atom is 0.328 e. The highest BCUT2D eigenvalue weighted by Crippen LogP contribution is 2.46. The van der Waals surface area contributed by atoms with Crippen molar-refractivity contribution in [3.63, 3.8) is 0 Å². The number of urea groups is 1. The van der Waals surface area contributed by atoms with E-state index in [0.717, 1.165) is 14.7 Å². The molecule has 5 amide bonds. The molecule has 0 saturated carbocycles. The number of amides is 5. The second-order valence-corrected chi connectivity index (χ2v) is 14.2. The van der Waals surface area contributed by atoms with E-state index in [4.69, 9.17) is 13.6 Å². The zero-order valence-electron chi connectivity index (χ0n) is 28.6. The summed E-state index contributed by atoms with van der Waals surface area (Å²) in [7, 11) is 0. The van der Waals surface area contributed by atoms with Gasteiger partial charge in [-0.1, -0.05) is 44.2 Å². The Hall–Kier alpha value is -5.42. The number of hydrogen-bond donors (Lipinski definition) is 0. The van der Waals surface area contributed by atoms with E-state index in [1.807, 2.05) is 48.9 Å². The number of aromatic nitrogens is 4.